The molecule has 6 nitrogen and oxygen atoms in total. The van der Waals surface area contributed by atoms with Crippen LogP contribution in [-0.2, 0) is 5.41 Å². The van der Waals surface area contributed by atoms with Gasteiger partial charge in [-0.05, 0) is 19.4 Å². The highest BCUT2D eigenvalue weighted by Gasteiger charge is 2.19. The molecule has 1 atom stereocenters. The van der Waals surface area contributed by atoms with E-state index in [-0.39, 0.29) is 17.3 Å². The van der Waals surface area contributed by atoms with Gasteiger partial charge in [0.1, 0.15) is 11.6 Å². The Hall–Kier alpha value is -2.54. The molecule has 0 aromatic carbocycles. The van der Waals surface area contributed by atoms with Crippen molar-refractivity contribution in [3.63, 3.8) is 0 Å². The summed E-state index contributed by atoms with van der Waals surface area (Å²) >= 11 is 0. The number of imidazole rings is 1. The smallest absolute Gasteiger partial charge is 0.155 e. The van der Waals surface area contributed by atoms with Gasteiger partial charge in [0.15, 0.2) is 5.65 Å². The number of fused-ring (bicyclic) bond motifs is 1. The van der Waals surface area contributed by atoms with Crippen molar-refractivity contribution >= 4 is 11.5 Å². The number of pyridine rings is 1. The van der Waals surface area contributed by atoms with Gasteiger partial charge in [-0.1, -0.05) is 20.8 Å². The Labute approximate surface area is 158 Å². The van der Waals surface area contributed by atoms with E-state index in [0.29, 0.717) is 11.5 Å². The monoisotopic (exact) mass is 368 g/mol. The van der Waals surface area contributed by atoms with Crippen LogP contribution in [0.1, 0.15) is 39.3 Å². The van der Waals surface area contributed by atoms with Crippen LogP contribution in [0, 0.1) is 5.82 Å². The molecule has 4 rings (SSSR count). The summed E-state index contributed by atoms with van der Waals surface area (Å²) < 4.78 is 16.2. The summed E-state index contributed by atoms with van der Waals surface area (Å²) in [7, 11) is 0. The quantitative estimate of drug-likeness (QED) is 0.742. The van der Waals surface area contributed by atoms with Gasteiger partial charge in [-0.3, -0.25) is 9.38 Å². The Bertz CT molecular complexity index is 953. The lowest BCUT2D eigenvalue weighted by atomic mass is 9.93. The van der Waals surface area contributed by atoms with Gasteiger partial charge < -0.3 is 10.6 Å². The minimum Gasteiger partial charge on any atom is -0.366 e. The standard InChI is InChI=1S/C20H25FN6/c1-20(2,3)17-12-27-16(10-24-19(27)11-23-17)15-7-13(21)8-18(26-15)25-14-5-4-6-22-9-14/h7-8,10-12,14,22H,4-6,9H2,1-3H3,(H,25,26)/t14-/m1/s1. The summed E-state index contributed by atoms with van der Waals surface area (Å²) in [6.45, 7) is 8.23. The Balaban J connectivity index is 1.72. The van der Waals surface area contributed by atoms with Gasteiger partial charge in [-0.15, -0.1) is 0 Å². The first-order valence-corrected chi connectivity index (χ1v) is 9.39. The van der Waals surface area contributed by atoms with Crippen molar-refractivity contribution < 1.29 is 4.39 Å². The summed E-state index contributed by atoms with van der Waals surface area (Å²) in [6, 6.07) is 3.16. The number of aromatic nitrogens is 4. The van der Waals surface area contributed by atoms with Gasteiger partial charge in [0, 0.05) is 36.3 Å². The molecule has 0 spiro atoms. The fourth-order valence-corrected chi connectivity index (χ4v) is 3.35. The highest BCUT2D eigenvalue weighted by molar-refractivity contribution is 5.62. The zero-order chi connectivity index (χ0) is 19.0. The molecule has 1 aliphatic heterocycles. The number of hydrogen-bond acceptors (Lipinski definition) is 5. The van der Waals surface area contributed by atoms with Crippen molar-refractivity contribution in [3.05, 3.63) is 42.2 Å². The van der Waals surface area contributed by atoms with E-state index in [4.69, 9.17) is 0 Å². The van der Waals surface area contributed by atoms with Crippen molar-refractivity contribution in [2.45, 2.75) is 45.1 Å². The van der Waals surface area contributed by atoms with E-state index in [1.165, 1.54) is 12.1 Å². The van der Waals surface area contributed by atoms with Crippen LogP contribution in [0.2, 0.25) is 0 Å². The first kappa shape index (κ1) is 17.9. The molecular formula is C20H25FN6. The minimum absolute atomic E-state index is 0.0915. The zero-order valence-electron chi connectivity index (χ0n) is 16.0. The number of hydrogen-bond donors (Lipinski definition) is 2. The van der Waals surface area contributed by atoms with Crippen LogP contribution in [0.3, 0.4) is 0 Å². The van der Waals surface area contributed by atoms with Crippen LogP contribution in [-0.4, -0.2) is 38.5 Å². The van der Waals surface area contributed by atoms with E-state index >= 15 is 0 Å². The lowest BCUT2D eigenvalue weighted by Gasteiger charge is -2.24. The lowest BCUT2D eigenvalue weighted by Crippen LogP contribution is -2.38. The number of nitrogens with one attached hydrogen (secondary N) is 2. The van der Waals surface area contributed by atoms with Crippen molar-refractivity contribution in [2.24, 2.45) is 0 Å². The first-order valence-electron chi connectivity index (χ1n) is 9.39. The number of anilines is 1. The topological polar surface area (TPSA) is 67.1 Å². The highest BCUT2D eigenvalue weighted by atomic mass is 19.1. The molecule has 3 aromatic heterocycles. The minimum atomic E-state index is -0.314. The molecule has 2 N–H and O–H groups in total. The van der Waals surface area contributed by atoms with Gasteiger partial charge in [0.05, 0.1) is 29.5 Å². The fraction of sp³-hybridized carbons (Fsp3) is 0.450. The van der Waals surface area contributed by atoms with Gasteiger partial charge in [-0.2, -0.15) is 0 Å². The van der Waals surface area contributed by atoms with Gasteiger partial charge >= 0.3 is 0 Å². The second kappa shape index (κ2) is 6.88. The third-order valence-electron chi connectivity index (χ3n) is 4.87. The largest absolute Gasteiger partial charge is 0.366 e. The Morgan fingerprint density at radius 3 is 2.81 bits per heavy atom. The molecule has 0 aliphatic carbocycles. The summed E-state index contributed by atoms with van der Waals surface area (Å²) in [5, 5.41) is 6.70. The lowest BCUT2D eigenvalue weighted by molar-refractivity contribution is 0.478. The van der Waals surface area contributed by atoms with Crippen LogP contribution >= 0.6 is 0 Å². The molecule has 7 heteroatoms. The summed E-state index contributed by atoms with van der Waals surface area (Å²) in [5.41, 5.74) is 2.88. The highest BCUT2D eigenvalue weighted by Crippen LogP contribution is 2.25. The van der Waals surface area contributed by atoms with E-state index in [1.54, 1.807) is 12.4 Å². The van der Waals surface area contributed by atoms with Crippen molar-refractivity contribution in [1.82, 2.24) is 24.7 Å². The third kappa shape index (κ3) is 3.78. The van der Waals surface area contributed by atoms with Gasteiger partial charge in [0.2, 0.25) is 0 Å². The van der Waals surface area contributed by atoms with Crippen LogP contribution < -0.4 is 10.6 Å². The van der Waals surface area contributed by atoms with E-state index in [2.05, 4.69) is 46.4 Å². The van der Waals surface area contributed by atoms with E-state index in [1.807, 2.05) is 10.6 Å². The van der Waals surface area contributed by atoms with Crippen molar-refractivity contribution in [1.29, 1.82) is 0 Å². The molecule has 142 valence electrons. The average molecular weight is 368 g/mol. The van der Waals surface area contributed by atoms with Crippen LogP contribution in [0.25, 0.3) is 17.0 Å². The van der Waals surface area contributed by atoms with E-state index in [0.717, 1.165) is 43.0 Å². The van der Waals surface area contributed by atoms with Crippen molar-refractivity contribution in [2.75, 3.05) is 18.4 Å². The van der Waals surface area contributed by atoms with E-state index < -0.39 is 0 Å². The zero-order valence-corrected chi connectivity index (χ0v) is 16.0. The molecule has 0 bridgehead atoms. The maximum Gasteiger partial charge on any atom is 0.155 e. The van der Waals surface area contributed by atoms with Crippen LogP contribution in [0.5, 0.6) is 0 Å². The molecule has 1 fully saturated rings. The Kier molecular flexibility index (Phi) is 4.55. The van der Waals surface area contributed by atoms with Crippen LogP contribution in [0.4, 0.5) is 10.2 Å². The second-order valence-electron chi connectivity index (χ2n) is 8.14. The summed E-state index contributed by atoms with van der Waals surface area (Å²) in [4.78, 5) is 13.6. The maximum absolute atomic E-state index is 14.3. The van der Waals surface area contributed by atoms with E-state index in [9.17, 15) is 4.39 Å². The predicted octanol–water partition coefficient (Wildman–Crippen LogP) is 3.39. The molecular weight excluding hydrogens is 343 g/mol. The fourth-order valence-electron chi connectivity index (χ4n) is 3.35. The van der Waals surface area contributed by atoms with Crippen LogP contribution in [0.15, 0.2) is 30.7 Å². The average Bonchev–Trinajstić information content (AvgIpc) is 3.04. The third-order valence-corrected chi connectivity index (χ3v) is 4.87. The van der Waals surface area contributed by atoms with Crippen molar-refractivity contribution in [3.8, 4) is 11.4 Å². The molecule has 3 aromatic rings. The number of nitrogens with zero attached hydrogens (tertiary/aromatic N) is 4. The molecule has 1 saturated heterocycles. The maximum atomic E-state index is 14.3. The predicted molar refractivity (Wildman–Crippen MR) is 104 cm³/mol. The van der Waals surface area contributed by atoms with Gasteiger partial charge in [-0.25, -0.2) is 14.4 Å². The molecule has 0 saturated carbocycles. The Morgan fingerprint density at radius 2 is 2.07 bits per heavy atom. The van der Waals surface area contributed by atoms with Gasteiger partial charge in [0.25, 0.3) is 0 Å². The summed E-state index contributed by atoms with van der Waals surface area (Å²) in [6.07, 6.45) is 7.59. The first-order chi connectivity index (χ1) is 12.9. The Morgan fingerprint density at radius 1 is 1.22 bits per heavy atom. The second-order valence-corrected chi connectivity index (χ2v) is 8.14. The molecule has 0 radical (unpaired) electrons. The molecule has 0 unspecified atom stereocenters. The number of piperidine rings is 1. The molecule has 4 heterocycles. The summed E-state index contributed by atoms with van der Waals surface area (Å²) in [5.74, 6) is 0.241. The molecule has 0 amide bonds. The normalized spacial score (nSPS) is 18.0. The molecule has 27 heavy (non-hydrogen) atoms. The number of rotatable bonds is 3. The SMILES string of the molecule is CC(C)(C)c1cn2c(-c3cc(F)cc(N[C@@H]4CCCNC4)n3)cnc2cn1. The molecule has 1 aliphatic rings. The number of halogens is 1.